The van der Waals surface area contributed by atoms with Crippen LogP contribution in [0.15, 0.2) is 18.3 Å². The van der Waals surface area contributed by atoms with Gasteiger partial charge in [-0.25, -0.2) is 4.98 Å². The number of anilines is 2. The first kappa shape index (κ1) is 4.81. The highest BCUT2D eigenvalue weighted by Gasteiger charge is 2.08. The standard InChI is InChI=1S/C5H5N3Si/c1-2-4-5(6-3-1)8-9-7-4/h1-3,7H,(H,6,8). The van der Waals surface area contributed by atoms with Crippen molar-refractivity contribution in [2.75, 3.05) is 9.96 Å². The number of pyridine rings is 1. The van der Waals surface area contributed by atoms with Crippen LogP contribution < -0.4 is 9.96 Å². The van der Waals surface area contributed by atoms with Gasteiger partial charge >= 0.3 is 9.84 Å². The molecule has 44 valence electrons. The molecule has 0 bridgehead atoms. The van der Waals surface area contributed by atoms with E-state index in [9.17, 15) is 0 Å². The van der Waals surface area contributed by atoms with Crippen LogP contribution in [-0.2, 0) is 0 Å². The van der Waals surface area contributed by atoms with Crippen LogP contribution >= 0.6 is 0 Å². The SMILES string of the molecule is c1cnc2c(c1)N[Si]N2. The molecule has 0 saturated heterocycles. The smallest absolute Gasteiger partial charge is 0.328 e. The number of hydrogen-bond donors (Lipinski definition) is 2. The van der Waals surface area contributed by atoms with Crippen LogP contribution in [0.2, 0.25) is 0 Å². The first-order valence-corrected chi connectivity index (χ1v) is 3.69. The Morgan fingerprint density at radius 2 is 2.44 bits per heavy atom. The summed E-state index contributed by atoms with van der Waals surface area (Å²) in [7, 11) is 0.584. The molecule has 0 aromatic carbocycles. The molecule has 0 atom stereocenters. The molecule has 2 rings (SSSR count). The molecule has 0 saturated carbocycles. The zero-order chi connectivity index (χ0) is 6.10. The number of rotatable bonds is 0. The van der Waals surface area contributed by atoms with Crippen LogP contribution in [0.1, 0.15) is 0 Å². The second-order valence-corrected chi connectivity index (χ2v) is 2.52. The summed E-state index contributed by atoms with van der Waals surface area (Å²) in [6, 6.07) is 3.93. The Bertz CT molecular complexity index is 202. The molecular weight excluding hydrogens is 130 g/mol. The third-order valence-electron chi connectivity index (χ3n) is 1.19. The molecule has 1 aromatic rings. The summed E-state index contributed by atoms with van der Waals surface area (Å²) in [6.07, 6.45) is 1.78. The van der Waals surface area contributed by atoms with Crippen molar-refractivity contribution < 1.29 is 0 Å². The van der Waals surface area contributed by atoms with Crippen LogP contribution in [0.4, 0.5) is 11.5 Å². The molecule has 1 aliphatic rings. The third-order valence-corrected chi connectivity index (χ3v) is 1.94. The summed E-state index contributed by atoms with van der Waals surface area (Å²) in [5, 5.41) is 0. The maximum Gasteiger partial charge on any atom is 0.328 e. The lowest BCUT2D eigenvalue weighted by Gasteiger charge is -1.92. The van der Waals surface area contributed by atoms with Crippen molar-refractivity contribution in [2.45, 2.75) is 0 Å². The molecule has 1 aromatic heterocycles. The molecule has 3 nitrogen and oxygen atoms in total. The molecule has 4 heteroatoms. The predicted molar refractivity (Wildman–Crippen MR) is 37.2 cm³/mol. The van der Waals surface area contributed by atoms with Crippen LogP contribution in [0.25, 0.3) is 0 Å². The van der Waals surface area contributed by atoms with E-state index in [1.807, 2.05) is 12.1 Å². The minimum atomic E-state index is 0.584. The Labute approximate surface area is 55.5 Å². The lowest BCUT2D eigenvalue weighted by atomic mass is 10.4. The van der Waals surface area contributed by atoms with Gasteiger partial charge in [0, 0.05) is 6.20 Å². The second-order valence-electron chi connectivity index (χ2n) is 1.77. The maximum atomic E-state index is 4.09. The Balaban J connectivity index is 2.54. The number of aromatic nitrogens is 1. The van der Waals surface area contributed by atoms with Gasteiger partial charge in [-0.2, -0.15) is 0 Å². The van der Waals surface area contributed by atoms with Crippen molar-refractivity contribution in [3.63, 3.8) is 0 Å². The summed E-state index contributed by atoms with van der Waals surface area (Å²) < 4.78 is 0. The summed E-state index contributed by atoms with van der Waals surface area (Å²) in [5.74, 6) is 0.968. The number of nitrogens with one attached hydrogen (secondary N) is 2. The van der Waals surface area contributed by atoms with Gasteiger partial charge in [-0.05, 0) is 12.1 Å². The third kappa shape index (κ3) is 0.674. The van der Waals surface area contributed by atoms with Crippen LogP contribution in [0.5, 0.6) is 0 Å². The first-order valence-electron chi connectivity index (χ1n) is 2.69. The first-order chi connectivity index (χ1) is 4.47. The van der Waals surface area contributed by atoms with Crippen molar-refractivity contribution >= 4 is 21.3 Å². The van der Waals surface area contributed by atoms with E-state index in [0.717, 1.165) is 11.5 Å². The quantitative estimate of drug-likeness (QED) is 0.507. The van der Waals surface area contributed by atoms with Crippen molar-refractivity contribution in [2.24, 2.45) is 0 Å². The van der Waals surface area contributed by atoms with Crippen LogP contribution in [0.3, 0.4) is 0 Å². The van der Waals surface area contributed by atoms with Crippen molar-refractivity contribution in [3.8, 4) is 0 Å². The fourth-order valence-corrected chi connectivity index (χ4v) is 1.48. The van der Waals surface area contributed by atoms with Gasteiger partial charge in [0.1, 0.15) is 5.82 Å². The Hall–Kier alpha value is -1.03. The molecule has 0 aliphatic carbocycles. The van der Waals surface area contributed by atoms with Gasteiger partial charge in [0.25, 0.3) is 0 Å². The van der Waals surface area contributed by atoms with Gasteiger partial charge in [0.2, 0.25) is 0 Å². The highest BCUT2D eigenvalue weighted by Crippen LogP contribution is 2.19. The van der Waals surface area contributed by atoms with Gasteiger partial charge in [-0.3, -0.25) is 0 Å². The molecule has 0 unspecified atom stereocenters. The van der Waals surface area contributed by atoms with Gasteiger partial charge < -0.3 is 9.96 Å². The molecule has 9 heavy (non-hydrogen) atoms. The van der Waals surface area contributed by atoms with Gasteiger partial charge in [-0.15, -0.1) is 0 Å². The summed E-state index contributed by atoms with van der Waals surface area (Å²) >= 11 is 0. The second kappa shape index (κ2) is 1.73. The highest BCUT2D eigenvalue weighted by molar-refractivity contribution is 6.48. The van der Waals surface area contributed by atoms with E-state index in [1.54, 1.807) is 6.20 Å². The Kier molecular flexibility index (Phi) is 0.926. The maximum absolute atomic E-state index is 4.09. The van der Waals surface area contributed by atoms with Crippen molar-refractivity contribution in [3.05, 3.63) is 18.3 Å². The van der Waals surface area contributed by atoms with E-state index < -0.39 is 0 Å². The van der Waals surface area contributed by atoms with Crippen molar-refractivity contribution in [1.82, 2.24) is 4.98 Å². The monoisotopic (exact) mass is 135 g/mol. The summed E-state index contributed by atoms with van der Waals surface area (Å²) in [4.78, 5) is 10.4. The van der Waals surface area contributed by atoms with Crippen LogP contribution in [-0.4, -0.2) is 14.8 Å². The zero-order valence-corrected chi connectivity index (χ0v) is 5.68. The highest BCUT2D eigenvalue weighted by atomic mass is 28.2. The lowest BCUT2D eigenvalue weighted by Crippen LogP contribution is -2.05. The van der Waals surface area contributed by atoms with E-state index in [2.05, 4.69) is 14.9 Å². The molecule has 2 N–H and O–H groups in total. The average molecular weight is 135 g/mol. The minimum Gasteiger partial charge on any atom is -0.391 e. The topological polar surface area (TPSA) is 37.0 Å². The number of fused-ring (bicyclic) bond motifs is 1. The van der Waals surface area contributed by atoms with E-state index >= 15 is 0 Å². The summed E-state index contributed by atoms with van der Waals surface area (Å²) in [5.41, 5.74) is 1.11. The normalized spacial score (nSPS) is 13.8. The molecular formula is C5H5N3Si. The van der Waals surface area contributed by atoms with E-state index in [-0.39, 0.29) is 0 Å². The van der Waals surface area contributed by atoms with E-state index in [0.29, 0.717) is 9.84 Å². The number of nitrogens with zero attached hydrogens (tertiary/aromatic N) is 1. The molecule has 1 aliphatic heterocycles. The summed E-state index contributed by atoms with van der Waals surface area (Å²) in [6.45, 7) is 0. The Morgan fingerprint density at radius 3 is 3.33 bits per heavy atom. The zero-order valence-electron chi connectivity index (χ0n) is 4.68. The minimum absolute atomic E-state index is 0.584. The fraction of sp³-hybridized carbons (Fsp3) is 0. The molecule has 0 amide bonds. The van der Waals surface area contributed by atoms with E-state index in [4.69, 9.17) is 0 Å². The molecule has 2 heterocycles. The lowest BCUT2D eigenvalue weighted by molar-refractivity contribution is 1.35. The van der Waals surface area contributed by atoms with Gasteiger partial charge in [0.05, 0.1) is 5.69 Å². The largest absolute Gasteiger partial charge is 0.391 e. The average Bonchev–Trinajstić information content (AvgIpc) is 2.33. The molecule has 0 fully saturated rings. The number of hydrogen-bond acceptors (Lipinski definition) is 3. The fourth-order valence-electron chi connectivity index (χ4n) is 0.764. The molecule has 0 spiro atoms. The van der Waals surface area contributed by atoms with Gasteiger partial charge in [-0.1, -0.05) is 0 Å². The van der Waals surface area contributed by atoms with E-state index in [1.165, 1.54) is 0 Å². The van der Waals surface area contributed by atoms with Gasteiger partial charge in [0.15, 0.2) is 0 Å². The Morgan fingerprint density at radius 1 is 1.44 bits per heavy atom. The molecule has 2 radical (unpaired) electrons. The van der Waals surface area contributed by atoms with Crippen LogP contribution in [0, 0.1) is 0 Å². The predicted octanol–water partition coefficient (Wildman–Crippen LogP) is 0.453. The van der Waals surface area contributed by atoms with Crippen molar-refractivity contribution in [1.29, 1.82) is 0 Å².